The molecular formula is C13H22N2O4. The van der Waals surface area contributed by atoms with Gasteiger partial charge in [-0.3, -0.25) is 4.79 Å². The summed E-state index contributed by atoms with van der Waals surface area (Å²) in [6, 6.07) is 0. The third-order valence-corrected chi connectivity index (χ3v) is 3.98. The van der Waals surface area contributed by atoms with Crippen LogP contribution in [-0.4, -0.2) is 48.3 Å². The molecule has 2 aliphatic rings. The minimum atomic E-state index is -1.06. The highest BCUT2D eigenvalue weighted by molar-refractivity contribution is 5.87. The molecule has 0 atom stereocenters. The molecule has 0 aromatic heterocycles. The van der Waals surface area contributed by atoms with Crippen molar-refractivity contribution in [3.8, 4) is 0 Å². The summed E-state index contributed by atoms with van der Waals surface area (Å²) in [6.45, 7) is 1.77. The summed E-state index contributed by atoms with van der Waals surface area (Å²) in [7, 11) is 0. The zero-order valence-electron chi connectivity index (χ0n) is 11.1. The highest BCUT2D eigenvalue weighted by Gasteiger charge is 2.42. The van der Waals surface area contributed by atoms with Crippen molar-refractivity contribution in [2.45, 2.75) is 50.2 Å². The second-order valence-corrected chi connectivity index (χ2v) is 5.40. The standard InChI is InChI=1S/C13H22N2O4/c16-11(9-19-10-3-7-14-8-4-10)15-13(12(17)18)5-1-2-6-13/h10,14H,1-9H2,(H,15,16)(H,17,18). The fourth-order valence-corrected chi connectivity index (χ4v) is 2.83. The van der Waals surface area contributed by atoms with E-state index in [0.29, 0.717) is 12.8 Å². The van der Waals surface area contributed by atoms with Crippen molar-refractivity contribution in [2.75, 3.05) is 19.7 Å². The predicted molar refractivity (Wildman–Crippen MR) is 68.8 cm³/mol. The van der Waals surface area contributed by atoms with Crippen LogP contribution in [0, 0.1) is 0 Å². The summed E-state index contributed by atoms with van der Waals surface area (Å²) in [4.78, 5) is 23.1. The Morgan fingerprint density at radius 2 is 1.89 bits per heavy atom. The highest BCUT2D eigenvalue weighted by Crippen LogP contribution is 2.29. The number of rotatable bonds is 5. The predicted octanol–water partition coefficient (Wildman–Crippen LogP) is 0.269. The maximum Gasteiger partial charge on any atom is 0.329 e. The summed E-state index contributed by atoms with van der Waals surface area (Å²) < 4.78 is 5.53. The lowest BCUT2D eigenvalue weighted by molar-refractivity contribution is -0.148. The molecule has 0 spiro atoms. The van der Waals surface area contributed by atoms with E-state index in [1.165, 1.54) is 0 Å². The van der Waals surface area contributed by atoms with Gasteiger partial charge in [-0.25, -0.2) is 4.79 Å². The first-order valence-corrected chi connectivity index (χ1v) is 6.99. The van der Waals surface area contributed by atoms with Crippen molar-refractivity contribution in [3.05, 3.63) is 0 Å². The lowest BCUT2D eigenvalue weighted by Crippen LogP contribution is -2.53. The van der Waals surface area contributed by atoms with Crippen molar-refractivity contribution in [1.82, 2.24) is 10.6 Å². The Morgan fingerprint density at radius 3 is 2.47 bits per heavy atom. The minimum absolute atomic E-state index is 0.0420. The molecule has 1 heterocycles. The second kappa shape index (κ2) is 6.34. The van der Waals surface area contributed by atoms with Crippen LogP contribution >= 0.6 is 0 Å². The third kappa shape index (κ3) is 3.67. The molecular weight excluding hydrogens is 248 g/mol. The number of hydrogen-bond donors (Lipinski definition) is 3. The van der Waals surface area contributed by atoms with Crippen LogP contribution in [0.4, 0.5) is 0 Å². The van der Waals surface area contributed by atoms with Crippen LogP contribution in [0.3, 0.4) is 0 Å². The normalized spacial score (nSPS) is 23.2. The molecule has 3 N–H and O–H groups in total. The van der Waals surface area contributed by atoms with E-state index in [1.54, 1.807) is 0 Å². The van der Waals surface area contributed by atoms with E-state index in [-0.39, 0.29) is 18.6 Å². The summed E-state index contributed by atoms with van der Waals surface area (Å²) in [5, 5.41) is 15.1. The average molecular weight is 270 g/mol. The van der Waals surface area contributed by atoms with Crippen LogP contribution in [0.2, 0.25) is 0 Å². The van der Waals surface area contributed by atoms with Gasteiger partial charge in [0.2, 0.25) is 5.91 Å². The lowest BCUT2D eigenvalue weighted by atomic mass is 9.98. The van der Waals surface area contributed by atoms with E-state index < -0.39 is 11.5 Å². The van der Waals surface area contributed by atoms with Crippen LogP contribution in [0.15, 0.2) is 0 Å². The Labute approximate surface area is 112 Å². The van der Waals surface area contributed by atoms with Gasteiger partial charge < -0.3 is 20.5 Å². The van der Waals surface area contributed by atoms with Crippen LogP contribution in [0.25, 0.3) is 0 Å². The second-order valence-electron chi connectivity index (χ2n) is 5.40. The van der Waals surface area contributed by atoms with E-state index in [1.807, 2.05) is 0 Å². The van der Waals surface area contributed by atoms with Gasteiger partial charge >= 0.3 is 5.97 Å². The van der Waals surface area contributed by atoms with Gasteiger partial charge in [-0.05, 0) is 38.8 Å². The Bertz CT molecular complexity index is 334. The number of ether oxygens (including phenoxy) is 1. The molecule has 0 aromatic carbocycles. The van der Waals surface area contributed by atoms with Gasteiger partial charge in [0.05, 0.1) is 6.10 Å². The molecule has 0 radical (unpaired) electrons. The SMILES string of the molecule is O=C(COC1CCNCC1)NC1(C(=O)O)CCCC1. The number of piperidine rings is 1. The van der Waals surface area contributed by atoms with Crippen molar-refractivity contribution in [3.63, 3.8) is 0 Å². The molecule has 19 heavy (non-hydrogen) atoms. The molecule has 2 fully saturated rings. The van der Waals surface area contributed by atoms with Crippen molar-refractivity contribution in [2.24, 2.45) is 0 Å². The largest absolute Gasteiger partial charge is 0.480 e. The van der Waals surface area contributed by atoms with Crippen LogP contribution < -0.4 is 10.6 Å². The van der Waals surface area contributed by atoms with Crippen molar-refractivity contribution < 1.29 is 19.4 Å². The quantitative estimate of drug-likeness (QED) is 0.667. The summed E-state index contributed by atoms with van der Waals surface area (Å²) in [6.07, 6.45) is 4.64. The van der Waals surface area contributed by atoms with Gasteiger partial charge in [-0.15, -0.1) is 0 Å². The fraction of sp³-hybridized carbons (Fsp3) is 0.846. The number of carboxylic acids is 1. The number of carbonyl (C=O) groups excluding carboxylic acids is 1. The number of amides is 1. The molecule has 6 heteroatoms. The van der Waals surface area contributed by atoms with E-state index >= 15 is 0 Å². The van der Waals surface area contributed by atoms with E-state index in [2.05, 4.69) is 10.6 Å². The van der Waals surface area contributed by atoms with Crippen LogP contribution in [0.5, 0.6) is 0 Å². The third-order valence-electron chi connectivity index (χ3n) is 3.98. The Kier molecular flexibility index (Phi) is 4.76. The Hall–Kier alpha value is -1.14. The summed E-state index contributed by atoms with van der Waals surface area (Å²) in [5.41, 5.74) is -1.06. The first-order chi connectivity index (χ1) is 9.12. The molecule has 0 aromatic rings. The molecule has 1 aliphatic carbocycles. The first-order valence-electron chi connectivity index (χ1n) is 6.99. The molecule has 1 saturated carbocycles. The number of carboxylic acid groups (broad SMARTS) is 1. The van der Waals surface area contributed by atoms with Gasteiger partial charge in [0, 0.05) is 0 Å². The number of aliphatic carboxylic acids is 1. The topological polar surface area (TPSA) is 87.7 Å². The monoisotopic (exact) mass is 270 g/mol. The van der Waals surface area contributed by atoms with E-state index in [4.69, 9.17) is 4.74 Å². The number of nitrogens with one attached hydrogen (secondary N) is 2. The Balaban J connectivity index is 1.78. The smallest absolute Gasteiger partial charge is 0.329 e. The molecule has 6 nitrogen and oxygen atoms in total. The van der Waals surface area contributed by atoms with E-state index in [0.717, 1.165) is 38.8 Å². The average Bonchev–Trinajstić information content (AvgIpc) is 2.87. The minimum Gasteiger partial charge on any atom is -0.480 e. The van der Waals surface area contributed by atoms with Gasteiger partial charge in [0.1, 0.15) is 12.1 Å². The zero-order chi connectivity index (χ0) is 13.7. The van der Waals surface area contributed by atoms with Crippen LogP contribution in [-0.2, 0) is 14.3 Å². The Morgan fingerprint density at radius 1 is 1.26 bits per heavy atom. The highest BCUT2D eigenvalue weighted by atomic mass is 16.5. The molecule has 1 amide bonds. The van der Waals surface area contributed by atoms with Crippen molar-refractivity contribution >= 4 is 11.9 Å². The number of hydrogen-bond acceptors (Lipinski definition) is 4. The molecule has 2 rings (SSSR count). The van der Waals surface area contributed by atoms with Crippen LogP contribution in [0.1, 0.15) is 38.5 Å². The molecule has 0 bridgehead atoms. The zero-order valence-corrected chi connectivity index (χ0v) is 11.1. The van der Waals surface area contributed by atoms with Gasteiger partial charge in [-0.1, -0.05) is 12.8 Å². The molecule has 108 valence electrons. The summed E-state index contributed by atoms with van der Waals surface area (Å²) in [5.74, 6) is -1.25. The van der Waals surface area contributed by atoms with Gasteiger partial charge in [0.15, 0.2) is 0 Å². The number of carbonyl (C=O) groups is 2. The summed E-state index contributed by atoms with van der Waals surface area (Å²) >= 11 is 0. The van der Waals surface area contributed by atoms with Gasteiger partial charge in [0.25, 0.3) is 0 Å². The molecule has 1 aliphatic heterocycles. The maximum atomic E-state index is 11.8. The molecule has 1 saturated heterocycles. The molecule has 0 unspecified atom stereocenters. The van der Waals surface area contributed by atoms with Crippen molar-refractivity contribution in [1.29, 1.82) is 0 Å². The van der Waals surface area contributed by atoms with E-state index in [9.17, 15) is 14.7 Å². The lowest BCUT2D eigenvalue weighted by Gasteiger charge is -2.27. The fourth-order valence-electron chi connectivity index (χ4n) is 2.83. The van der Waals surface area contributed by atoms with Gasteiger partial charge in [-0.2, -0.15) is 0 Å². The maximum absolute atomic E-state index is 11.8. The first kappa shape index (κ1) is 14.3.